The Bertz CT molecular complexity index is 772. The molecule has 0 spiro atoms. The molecule has 2 saturated heterocycles. The van der Waals surface area contributed by atoms with Crippen LogP contribution >= 0.6 is 0 Å². The summed E-state index contributed by atoms with van der Waals surface area (Å²) in [6, 6.07) is 0. The van der Waals surface area contributed by atoms with Gasteiger partial charge in [-0.05, 0) is 50.4 Å². The lowest BCUT2D eigenvalue weighted by atomic mass is 9.75. The minimum atomic E-state index is -0.414. The van der Waals surface area contributed by atoms with Crippen LogP contribution in [-0.2, 0) is 28.5 Å². The normalized spacial score (nSPS) is 55.0. The van der Waals surface area contributed by atoms with Gasteiger partial charge in [0.05, 0.1) is 48.5 Å². The van der Waals surface area contributed by atoms with Crippen molar-refractivity contribution in [3.05, 3.63) is 0 Å². The predicted octanol–water partition coefficient (Wildman–Crippen LogP) is 3.22. The molecule has 0 N–H and O–H groups in total. The molecule has 2 heterocycles. The second kappa shape index (κ2) is 6.05. The molecule has 6 aliphatic rings. The molecule has 31 heavy (non-hydrogen) atoms. The van der Waals surface area contributed by atoms with Gasteiger partial charge in [-0.25, -0.2) is 0 Å². The summed E-state index contributed by atoms with van der Waals surface area (Å²) in [5.74, 6) is 1.80. The van der Waals surface area contributed by atoms with E-state index >= 15 is 0 Å². The number of epoxide rings is 2. The zero-order valence-electron chi connectivity index (χ0n) is 19.6. The number of hydrogen-bond donors (Lipinski definition) is 0. The van der Waals surface area contributed by atoms with Crippen LogP contribution in [0, 0.1) is 52.8 Å². The van der Waals surface area contributed by atoms with E-state index < -0.39 is 5.41 Å². The monoisotopic (exact) mass is 432 g/mol. The molecule has 4 bridgehead atoms. The molecule has 0 amide bonds. The smallest absolute Gasteiger partial charge is 0.309 e. The highest BCUT2D eigenvalue weighted by Gasteiger charge is 2.76. The fraction of sp³-hybridized carbons (Fsp3) is 0.920. The summed E-state index contributed by atoms with van der Waals surface area (Å²) in [6.45, 7) is 13.2. The Morgan fingerprint density at radius 3 is 1.58 bits per heavy atom. The van der Waals surface area contributed by atoms with Crippen LogP contribution in [0.2, 0.25) is 0 Å². The van der Waals surface area contributed by atoms with E-state index in [0.717, 1.165) is 12.8 Å². The quantitative estimate of drug-likeness (QED) is 0.474. The molecule has 6 fully saturated rings. The zero-order chi connectivity index (χ0) is 22.1. The van der Waals surface area contributed by atoms with E-state index in [1.165, 1.54) is 0 Å². The molecule has 6 rings (SSSR count). The highest BCUT2D eigenvalue weighted by molar-refractivity contribution is 5.75. The number of esters is 2. The third kappa shape index (κ3) is 2.64. The van der Waals surface area contributed by atoms with E-state index in [1.54, 1.807) is 0 Å². The van der Waals surface area contributed by atoms with Gasteiger partial charge in [0.1, 0.15) is 0 Å². The van der Waals surface area contributed by atoms with Crippen LogP contribution in [0.15, 0.2) is 0 Å². The van der Waals surface area contributed by atoms with Gasteiger partial charge in [-0.2, -0.15) is 0 Å². The Kier molecular flexibility index (Phi) is 3.99. The summed E-state index contributed by atoms with van der Waals surface area (Å²) in [5, 5.41) is 0. The van der Waals surface area contributed by atoms with Crippen molar-refractivity contribution in [1.29, 1.82) is 0 Å². The molecule has 0 aromatic heterocycles. The maximum Gasteiger partial charge on any atom is 0.309 e. The van der Waals surface area contributed by atoms with Gasteiger partial charge in [0.15, 0.2) is 0 Å². The van der Waals surface area contributed by atoms with E-state index in [4.69, 9.17) is 18.9 Å². The second-order valence-electron chi connectivity index (χ2n) is 12.6. The molecular formula is C25H36O6. The largest absolute Gasteiger partial charge is 0.465 e. The predicted molar refractivity (Wildman–Crippen MR) is 111 cm³/mol. The van der Waals surface area contributed by atoms with Crippen molar-refractivity contribution in [3.63, 3.8) is 0 Å². The van der Waals surface area contributed by atoms with Crippen molar-refractivity contribution in [2.75, 3.05) is 13.2 Å². The Hall–Kier alpha value is -1.14. The van der Waals surface area contributed by atoms with E-state index in [9.17, 15) is 9.59 Å². The van der Waals surface area contributed by atoms with E-state index in [1.807, 2.05) is 13.8 Å². The first-order chi connectivity index (χ1) is 14.5. The first-order valence-corrected chi connectivity index (χ1v) is 12.2. The van der Waals surface area contributed by atoms with Gasteiger partial charge in [0.25, 0.3) is 0 Å². The Morgan fingerprint density at radius 2 is 1.23 bits per heavy atom. The molecule has 0 aromatic rings. The van der Waals surface area contributed by atoms with Gasteiger partial charge in [-0.15, -0.1) is 0 Å². The average molecular weight is 433 g/mol. The fourth-order valence-corrected chi connectivity index (χ4v) is 8.37. The molecule has 2 aliphatic heterocycles. The molecular weight excluding hydrogens is 396 g/mol. The number of carbonyl (C=O) groups excluding carboxylic acids is 2. The van der Waals surface area contributed by atoms with Crippen molar-refractivity contribution in [2.45, 2.75) is 77.8 Å². The number of hydrogen-bond acceptors (Lipinski definition) is 6. The number of ether oxygens (including phenoxy) is 4. The minimum Gasteiger partial charge on any atom is -0.465 e. The summed E-state index contributed by atoms with van der Waals surface area (Å²) in [6.07, 6.45) is 2.63. The first kappa shape index (κ1) is 20.5. The summed E-state index contributed by atoms with van der Waals surface area (Å²) in [4.78, 5) is 25.8. The van der Waals surface area contributed by atoms with E-state index in [-0.39, 0.29) is 60.4 Å². The van der Waals surface area contributed by atoms with Crippen LogP contribution in [0.5, 0.6) is 0 Å². The molecule has 0 aromatic carbocycles. The van der Waals surface area contributed by atoms with Crippen LogP contribution < -0.4 is 0 Å². The highest BCUT2D eigenvalue weighted by Crippen LogP contribution is 2.68. The maximum atomic E-state index is 12.9. The van der Waals surface area contributed by atoms with Crippen LogP contribution in [0.1, 0.15) is 54.4 Å². The Morgan fingerprint density at radius 1 is 0.839 bits per heavy atom. The minimum absolute atomic E-state index is 0.00804. The summed E-state index contributed by atoms with van der Waals surface area (Å²) in [7, 11) is 0. The van der Waals surface area contributed by atoms with Crippen molar-refractivity contribution >= 4 is 11.9 Å². The van der Waals surface area contributed by atoms with Gasteiger partial charge in [-0.1, -0.05) is 27.7 Å². The van der Waals surface area contributed by atoms with Crippen molar-refractivity contribution < 1.29 is 28.5 Å². The van der Waals surface area contributed by atoms with Gasteiger partial charge >= 0.3 is 11.9 Å². The lowest BCUT2D eigenvalue weighted by molar-refractivity contribution is -0.161. The summed E-state index contributed by atoms with van der Waals surface area (Å²) < 4.78 is 23.4. The summed E-state index contributed by atoms with van der Waals surface area (Å²) in [5.41, 5.74) is -0.398. The number of rotatable bonds is 6. The van der Waals surface area contributed by atoms with Gasteiger partial charge in [-0.3, -0.25) is 9.59 Å². The average Bonchev–Trinajstić information content (AvgIpc) is 3.39. The fourth-order valence-electron chi connectivity index (χ4n) is 8.37. The number of carbonyl (C=O) groups is 2. The van der Waals surface area contributed by atoms with Gasteiger partial charge < -0.3 is 18.9 Å². The SMILES string of the molecule is CC1C(C(=O)OCC(C)(C)COC(=O)C2C(C)C3CC2C2OC32C)C2CC1C1(C)OC21. The third-order valence-electron chi connectivity index (χ3n) is 10.2. The van der Waals surface area contributed by atoms with E-state index in [2.05, 4.69) is 27.7 Å². The maximum absolute atomic E-state index is 12.9. The molecule has 6 heteroatoms. The van der Waals surface area contributed by atoms with Gasteiger partial charge in [0, 0.05) is 17.3 Å². The van der Waals surface area contributed by atoms with Crippen LogP contribution in [0.25, 0.3) is 0 Å². The van der Waals surface area contributed by atoms with Crippen molar-refractivity contribution in [2.24, 2.45) is 52.8 Å². The van der Waals surface area contributed by atoms with Crippen LogP contribution in [0.4, 0.5) is 0 Å². The molecule has 12 unspecified atom stereocenters. The van der Waals surface area contributed by atoms with E-state index in [0.29, 0.717) is 35.5 Å². The molecule has 4 aliphatic carbocycles. The van der Waals surface area contributed by atoms with Crippen molar-refractivity contribution in [3.8, 4) is 0 Å². The molecule has 172 valence electrons. The zero-order valence-corrected chi connectivity index (χ0v) is 19.6. The molecule has 12 atom stereocenters. The van der Waals surface area contributed by atoms with Crippen LogP contribution in [0.3, 0.4) is 0 Å². The Labute approximate surface area is 184 Å². The topological polar surface area (TPSA) is 77.7 Å². The molecule has 4 saturated carbocycles. The molecule has 6 nitrogen and oxygen atoms in total. The standard InChI is InChI=1S/C25H36O6/c1-11-15-7-13(19-24(15,5)30-19)17(11)21(26)28-9-23(3,4)10-29-22(27)18-12(2)16-8-14(18)20-25(16,6)31-20/h11-20H,7-10H2,1-6H3. The highest BCUT2D eigenvalue weighted by atomic mass is 16.6. The summed E-state index contributed by atoms with van der Waals surface area (Å²) >= 11 is 0. The lowest BCUT2D eigenvalue weighted by Crippen LogP contribution is -2.40. The molecule has 0 radical (unpaired) electrons. The second-order valence-corrected chi connectivity index (χ2v) is 12.6. The van der Waals surface area contributed by atoms with Gasteiger partial charge in [0.2, 0.25) is 0 Å². The third-order valence-corrected chi connectivity index (χ3v) is 10.2. The van der Waals surface area contributed by atoms with Crippen LogP contribution in [-0.4, -0.2) is 48.6 Å². The number of fused-ring (bicyclic) bond motifs is 10. The lowest BCUT2D eigenvalue weighted by Gasteiger charge is -2.31. The first-order valence-electron chi connectivity index (χ1n) is 12.2. The Balaban J connectivity index is 1.01. The van der Waals surface area contributed by atoms with Crippen molar-refractivity contribution in [1.82, 2.24) is 0 Å².